The van der Waals surface area contributed by atoms with Gasteiger partial charge in [-0.1, -0.05) is 30.3 Å². The summed E-state index contributed by atoms with van der Waals surface area (Å²) in [5, 5.41) is 4.33. The topological polar surface area (TPSA) is 79.3 Å². The zero-order chi connectivity index (χ0) is 20.9. The molecular weight excluding hydrogens is 410 g/mol. The second kappa shape index (κ2) is 9.76. The molecule has 0 atom stereocenters. The lowest BCUT2D eigenvalue weighted by Crippen LogP contribution is -2.44. The van der Waals surface area contributed by atoms with Crippen LogP contribution in [-0.2, 0) is 11.2 Å². The van der Waals surface area contributed by atoms with E-state index < -0.39 is 0 Å². The summed E-state index contributed by atoms with van der Waals surface area (Å²) in [5.74, 6) is 2.61. The van der Waals surface area contributed by atoms with Crippen LogP contribution in [0.5, 0.6) is 0 Å². The van der Waals surface area contributed by atoms with Crippen LogP contribution in [0.3, 0.4) is 0 Å². The molecule has 31 heavy (non-hydrogen) atoms. The van der Waals surface area contributed by atoms with Gasteiger partial charge in [0.1, 0.15) is 22.4 Å². The van der Waals surface area contributed by atoms with Crippen molar-refractivity contribution in [2.75, 3.05) is 68.0 Å². The molecule has 1 N–H and O–H groups in total. The van der Waals surface area contributed by atoms with Crippen molar-refractivity contribution < 1.29 is 4.74 Å². The standard InChI is InChI=1S/C22H27N7OS/c1-2-4-17(5-3-1)6-15-31-21-19-18(24-16-25-21)20(28-11-13-30-14-12-28)27-22(26-19)29-9-7-23-8-10-29/h1-5,16,23H,6-15H2. The second-order valence-electron chi connectivity index (χ2n) is 7.64. The predicted molar refractivity (Wildman–Crippen MR) is 124 cm³/mol. The van der Waals surface area contributed by atoms with Crippen LogP contribution in [0.25, 0.3) is 11.0 Å². The molecule has 3 aromatic rings. The fourth-order valence-electron chi connectivity index (χ4n) is 3.92. The van der Waals surface area contributed by atoms with Crippen LogP contribution in [0.2, 0.25) is 0 Å². The number of nitrogens with zero attached hydrogens (tertiary/aromatic N) is 6. The molecule has 0 unspecified atom stereocenters. The Bertz CT molecular complexity index is 1010. The normalized spacial score (nSPS) is 17.3. The monoisotopic (exact) mass is 437 g/mol. The number of hydrogen-bond acceptors (Lipinski definition) is 9. The largest absolute Gasteiger partial charge is 0.378 e. The third-order valence-corrected chi connectivity index (χ3v) is 6.58. The smallest absolute Gasteiger partial charge is 0.228 e. The molecule has 2 aromatic heterocycles. The lowest BCUT2D eigenvalue weighted by molar-refractivity contribution is 0.122. The molecule has 0 spiro atoms. The van der Waals surface area contributed by atoms with Crippen LogP contribution in [0, 0.1) is 0 Å². The van der Waals surface area contributed by atoms with Crippen LogP contribution >= 0.6 is 11.8 Å². The number of fused-ring (bicyclic) bond motifs is 1. The number of piperazine rings is 1. The average Bonchev–Trinajstić information content (AvgIpc) is 2.85. The molecule has 9 heteroatoms. The van der Waals surface area contributed by atoms with Crippen molar-refractivity contribution in [3.05, 3.63) is 42.2 Å². The third-order valence-electron chi connectivity index (χ3n) is 5.60. The summed E-state index contributed by atoms with van der Waals surface area (Å²) in [5.41, 5.74) is 3.02. The number of thioether (sulfide) groups is 1. The van der Waals surface area contributed by atoms with Crippen molar-refractivity contribution in [3.63, 3.8) is 0 Å². The van der Waals surface area contributed by atoms with Gasteiger partial charge in [0.2, 0.25) is 5.95 Å². The summed E-state index contributed by atoms with van der Waals surface area (Å²) in [4.78, 5) is 23.7. The van der Waals surface area contributed by atoms with Gasteiger partial charge in [0, 0.05) is 45.0 Å². The molecule has 2 aliphatic rings. The Morgan fingerprint density at radius 2 is 1.71 bits per heavy atom. The van der Waals surface area contributed by atoms with Crippen molar-refractivity contribution in [2.45, 2.75) is 11.4 Å². The maximum Gasteiger partial charge on any atom is 0.228 e. The lowest BCUT2D eigenvalue weighted by Gasteiger charge is -2.31. The summed E-state index contributed by atoms with van der Waals surface area (Å²) < 4.78 is 5.56. The van der Waals surface area contributed by atoms with Gasteiger partial charge in [-0.2, -0.15) is 4.98 Å². The van der Waals surface area contributed by atoms with Gasteiger partial charge < -0.3 is 19.9 Å². The molecule has 1 aromatic carbocycles. The zero-order valence-corrected chi connectivity index (χ0v) is 18.4. The first-order valence-corrected chi connectivity index (χ1v) is 11.8. The van der Waals surface area contributed by atoms with Crippen LogP contribution in [0.15, 0.2) is 41.7 Å². The molecule has 8 nitrogen and oxygen atoms in total. The SMILES string of the molecule is c1ccc(CCSc2ncnc3c(N4CCOCC4)nc(N4CCNCC4)nc23)cc1. The predicted octanol–water partition coefficient (Wildman–Crippen LogP) is 2.00. The van der Waals surface area contributed by atoms with Crippen molar-refractivity contribution >= 4 is 34.6 Å². The molecular formula is C22H27N7OS. The highest BCUT2D eigenvalue weighted by atomic mass is 32.2. The number of hydrogen-bond donors (Lipinski definition) is 1. The van der Waals surface area contributed by atoms with Gasteiger partial charge in [0.05, 0.1) is 13.2 Å². The van der Waals surface area contributed by atoms with E-state index in [-0.39, 0.29) is 0 Å². The van der Waals surface area contributed by atoms with Crippen molar-refractivity contribution in [2.24, 2.45) is 0 Å². The van der Waals surface area contributed by atoms with Gasteiger partial charge in [-0.05, 0) is 12.0 Å². The van der Waals surface area contributed by atoms with Crippen molar-refractivity contribution in [3.8, 4) is 0 Å². The molecule has 2 aliphatic heterocycles. The number of morpholine rings is 1. The molecule has 162 valence electrons. The van der Waals surface area contributed by atoms with Crippen LogP contribution in [0.4, 0.5) is 11.8 Å². The molecule has 0 aliphatic carbocycles. The first kappa shape index (κ1) is 20.4. The highest BCUT2D eigenvalue weighted by Crippen LogP contribution is 2.31. The number of benzene rings is 1. The number of anilines is 2. The van der Waals surface area contributed by atoms with Crippen molar-refractivity contribution in [1.82, 2.24) is 25.3 Å². The van der Waals surface area contributed by atoms with Gasteiger partial charge in [0.25, 0.3) is 0 Å². The number of ether oxygens (including phenoxy) is 1. The maximum absolute atomic E-state index is 5.56. The summed E-state index contributed by atoms with van der Waals surface area (Å²) in [6, 6.07) is 10.6. The van der Waals surface area contributed by atoms with Crippen LogP contribution < -0.4 is 15.1 Å². The first-order valence-electron chi connectivity index (χ1n) is 10.9. The highest BCUT2D eigenvalue weighted by molar-refractivity contribution is 7.99. The molecule has 5 rings (SSSR count). The van der Waals surface area contributed by atoms with E-state index >= 15 is 0 Å². The van der Waals surface area contributed by atoms with E-state index in [1.807, 2.05) is 0 Å². The van der Waals surface area contributed by atoms with E-state index in [0.717, 1.165) is 79.3 Å². The fourth-order valence-corrected chi connectivity index (χ4v) is 4.85. The minimum atomic E-state index is 0.707. The Hall–Kier alpha value is -2.49. The van der Waals surface area contributed by atoms with Gasteiger partial charge in [0.15, 0.2) is 5.82 Å². The molecule has 2 saturated heterocycles. The van der Waals surface area contributed by atoms with E-state index in [1.54, 1.807) is 18.1 Å². The molecule has 0 amide bonds. The highest BCUT2D eigenvalue weighted by Gasteiger charge is 2.23. The Morgan fingerprint density at radius 1 is 0.903 bits per heavy atom. The van der Waals surface area contributed by atoms with Gasteiger partial charge in [-0.15, -0.1) is 11.8 Å². The van der Waals surface area contributed by atoms with E-state index in [1.165, 1.54) is 5.56 Å². The van der Waals surface area contributed by atoms with Crippen LogP contribution in [-0.4, -0.2) is 78.2 Å². The first-order chi connectivity index (χ1) is 15.4. The number of nitrogens with one attached hydrogen (secondary N) is 1. The summed E-state index contributed by atoms with van der Waals surface area (Å²) in [7, 11) is 0. The summed E-state index contributed by atoms with van der Waals surface area (Å²) in [6.45, 7) is 6.73. The minimum Gasteiger partial charge on any atom is -0.378 e. The third kappa shape index (κ3) is 4.73. The molecule has 0 bridgehead atoms. The van der Waals surface area contributed by atoms with Crippen molar-refractivity contribution in [1.29, 1.82) is 0 Å². The van der Waals surface area contributed by atoms with E-state index in [0.29, 0.717) is 13.2 Å². The van der Waals surface area contributed by atoms with E-state index in [2.05, 4.69) is 55.4 Å². The Labute approximate surface area is 186 Å². The maximum atomic E-state index is 5.56. The van der Waals surface area contributed by atoms with Gasteiger partial charge in [-0.25, -0.2) is 15.0 Å². The zero-order valence-electron chi connectivity index (χ0n) is 17.5. The Balaban J connectivity index is 1.48. The van der Waals surface area contributed by atoms with Crippen LogP contribution in [0.1, 0.15) is 5.56 Å². The van der Waals surface area contributed by atoms with E-state index in [4.69, 9.17) is 14.7 Å². The molecule has 0 saturated carbocycles. The van der Waals surface area contributed by atoms with Gasteiger partial charge in [-0.3, -0.25) is 0 Å². The Kier molecular flexibility index (Phi) is 6.43. The Morgan fingerprint density at radius 3 is 2.52 bits per heavy atom. The number of rotatable bonds is 6. The quantitative estimate of drug-likeness (QED) is 0.460. The van der Waals surface area contributed by atoms with E-state index in [9.17, 15) is 0 Å². The average molecular weight is 438 g/mol. The number of aryl methyl sites for hydroxylation is 1. The van der Waals surface area contributed by atoms with Gasteiger partial charge >= 0.3 is 0 Å². The number of aromatic nitrogens is 4. The lowest BCUT2D eigenvalue weighted by atomic mass is 10.2. The fraction of sp³-hybridized carbons (Fsp3) is 0.455. The molecule has 2 fully saturated rings. The second-order valence-corrected chi connectivity index (χ2v) is 8.73. The molecule has 4 heterocycles. The summed E-state index contributed by atoms with van der Waals surface area (Å²) >= 11 is 1.74. The summed E-state index contributed by atoms with van der Waals surface area (Å²) in [6.07, 6.45) is 2.63. The minimum absolute atomic E-state index is 0.707. The molecule has 0 radical (unpaired) electrons.